The van der Waals surface area contributed by atoms with Crippen molar-refractivity contribution in [1.82, 2.24) is 4.90 Å². The van der Waals surface area contributed by atoms with Gasteiger partial charge in [-0.25, -0.2) is 4.39 Å². The van der Waals surface area contributed by atoms with Gasteiger partial charge in [0.25, 0.3) is 0 Å². The second-order valence-corrected chi connectivity index (χ2v) is 5.96. The van der Waals surface area contributed by atoms with Gasteiger partial charge >= 0.3 is 0 Å². The first-order valence-electron chi connectivity index (χ1n) is 8.09. The zero-order chi connectivity index (χ0) is 16.9. The van der Waals surface area contributed by atoms with Crippen LogP contribution in [0.5, 0.6) is 5.75 Å². The fraction of sp³-hybridized carbons (Fsp3) is 0.316. The molecule has 0 saturated carbocycles. The third-order valence-corrected chi connectivity index (χ3v) is 4.32. The van der Waals surface area contributed by atoms with Crippen molar-refractivity contribution in [2.45, 2.75) is 18.9 Å². The summed E-state index contributed by atoms with van der Waals surface area (Å²) in [5.74, 6) is 0.428. The smallest absolute Gasteiger partial charge is 0.238 e. The molecule has 1 aliphatic rings. The average Bonchev–Trinajstić information content (AvgIpc) is 3.05. The molecule has 0 aromatic heterocycles. The molecule has 0 radical (unpaired) electrons. The zero-order valence-electron chi connectivity index (χ0n) is 13.7. The molecular weight excluding hydrogens is 307 g/mol. The van der Waals surface area contributed by atoms with Gasteiger partial charge in [0, 0.05) is 11.7 Å². The number of hydrogen-bond donors (Lipinski definition) is 1. The minimum atomic E-state index is -0.314. The van der Waals surface area contributed by atoms with E-state index in [1.165, 1.54) is 17.7 Å². The van der Waals surface area contributed by atoms with Crippen LogP contribution in [0.15, 0.2) is 48.5 Å². The largest absolute Gasteiger partial charge is 0.497 e. The van der Waals surface area contributed by atoms with E-state index in [2.05, 4.69) is 16.3 Å². The second-order valence-electron chi connectivity index (χ2n) is 5.96. The first-order chi connectivity index (χ1) is 11.7. The van der Waals surface area contributed by atoms with Crippen molar-refractivity contribution in [3.63, 3.8) is 0 Å². The van der Waals surface area contributed by atoms with Crippen molar-refractivity contribution >= 4 is 11.6 Å². The van der Waals surface area contributed by atoms with Crippen LogP contribution in [0.25, 0.3) is 0 Å². The summed E-state index contributed by atoms with van der Waals surface area (Å²) in [7, 11) is 1.65. The Morgan fingerprint density at radius 3 is 2.83 bits per heavy atom. The van der Waals surface area contributed by atoms with E-state index in [1.54, 1.807) is 19.2 Å². The summed E-state index contributed by atoms with van der Waals surface area (Å²) in [6.07, 6.45) is 2.09. The van der Waals surface area contributed by atoms with Crippen molar-refractivity contribution in [2.75, 3.05) is 25.5 Å². The number of carbonyl (C=O) groups excluding carboxylic acids is 1. The van der Waals surface area contributed by atoms with E-state index < -0.39 is 0 Å². The zero-order valence-corrected chi connectivity index (χ0v) is 13.7. The molecule has 0 spiro atoms. The molecule has 1 amide bonds. The summed E-state index contributed by atoms with van der Waals surface area (Å²) in [4.78, 5) is 14.5. The normalized spacial score (nSPS) is 17.7. The molecule has 1 saturated heterocycles. The highest BCUT2D eigenvalue weighted by molar-refractivity contribution is 5.92. The molecule has 1 heterocycles. The number of anilines is 1. The van der Waals surface area contributed by atoms with Crippen molar-refractivity contribution in [3.8, 4) is 5.75 Å². The number of amides is 1. The molecule has 5 heteroatoms. The van der Waals surface area contributed by atoms with Crippen LogP contribution >= 0.6 is 0 Å². The number of ether oxygens (including phenoxy) is 1. The third kappa shape index (κ3) is 3.92. The number of nitrogens with zero attached hydrogens (tertiary/aromatic N) is 1. The monoisotopic (exact) mass is 328 g/mol. The Morgan fingerprint density at radius 2 is 2.08 bits per heavy atom. The summed E-state index contributed by atoms with van der Waals surface area (Å²) in [5.41, 5.74) is 1.78. The lowest BCUT2D eigenvalue weighted by molar-refractivity contribution is -0.117. The van der Waals surface area contributed by atoms with Crippen LogP contribution in [0.4, 0.5) is 10.1 Å². The van der Waals surface area contributed by atoms with Crippen LogP contribution in [-0.2, 0) is 4.79 Å². The van der Waals surface area contributed by atoms with Gasteiger partial charge < -0.3 is 10.1 Å². The molecule has 0 unspecified atom stereocenters. The molecular formula is C19H21FN2O2. The molecule has 2 aromatic carbocycles. The Kier molecular flexibility index (Phi) is 5.11. The first kappa shape index (κ1) is 16.5. The summed E-state index contributed by atoms with van der Waals surface area (Å²) in [5, 5.41) is 2.82. The molecule has 1 N–H and O–H groups in total. The standard InChI is InChI=1S/C19H21FN2O2/c1-24-17-5-2-4-14(12-17)18-6-3-11-22(18)13-19(23)21-16-9-7-15(20)8-10-16/h2,4-5,7-10,12,18H,3,6,11,13H2,1H3,(H,21,23)/t18-/m0/s1. The average molecular weight is 328 g/mol. The van der Waals surface area contributed by atoms with Crippen LogP contribution in [0.2, 0.25) is 0 Å². The highest BCUT2D eigenvalue weighted by atomic mass is 19.1. The molecule has 1 fully saturated rings. The predicted octanol–water partition coefficient (Wildman–Crippen LogP) is 3.61. The van der Waals surface area contributed by atoms with Gasteiger partial charge in [0.2, 0.25) is 5.91 Å². The summed E-state index contributed by atoms with van der Waals surface area (Å²) in [6.45, 7) is 1.21. The minimum Gasteiger partial charge on any atom is -0.497 e. The molecule has 0 aliphatic carbocycles. The number of rotatable bonds is 5. The van der Waals surface area contributed by atoms with E-state index in [-0.39, 0.29) is 17.8 Å². The number of methoxy groups -OCH3 is 1. The summed E-state index contributed by atoms with van der Waals surface area (Å²) >= 11 is 0. The van der Waals surface area contributed by atoms with E-state index in [4.69, 9.17) is 4.74 Å². The molecule has 126 valence electrons. The summed E-state index contributed by atoms with van der Waals surface area (Å²) in [6, 6.07) is 14.0. The van der Waals surface area contributed by atoms with Gasteiger partial charge in [0.1, 0.15) is 11.6 Å². The van der Waals surface area contributed by atoms with Gasteiger partial charge in [-0.3, -0.25) is 9.69 Å². The van der Waals surface area contributed by atoms with Crippen molar-refractivity contribution in [1.29, 1.82) is 0 Å². The van der Waals surface area contributed by atoms with Crippen molar-refractivity contribution in [2.24, 2.45) is 0 Å². The molecule has 1 aliphatic heterocycles. The molecule has 24 heavy (non-hydrogen) atoms. The van der Waals surface area contributed by atoms with Crippen molar-refractivity contribution < 1.29 is 13.9 Å². The van der Waals surface area contributed by atoms with Crippen LogP contribution < -0.4 is 10.1 Å². The number of hydrogen-bond acceptors (Lipinski definition) is 3. The van der Waals surface area contributed by atoms with E-state index in [0.29, 0.717) is 12.2 Å². The lowest BCUT2D eigenvalue weighted by atomic mass is 10.0. The van der Waals surface area contributed by atoms with Gasteiger partial charge in [-0.15, -0.1) is 0 Å². The molecule has 2 aromatic rings. The number of halogens is 1. The number of nitrogens with one attached hydrogen (secondary N) is 1. The topological polar surface area (TPSA) is 41.6 Å². The van der Waals surface area contributed by atoms with Crippen LogP contribution in [0, 0.1) is 5.82 Å². The third-order valence-electron chi connectivity index (χ3n) is 4.32. The van der Waals surface area contributed by atoms with E-state index >= 15 is 0 Å². The lowest BCUT2D eigenvalue weighted by Gasteiger charge is -2.24. The van der Waals surface area contributed by atoms with Crippen LogP contribution in [0.1, 0.15) is 24.4 Å². The number of likely N-dealkylation sites (tertiary alicyclic amines) is 1. The maximum atomic E-state index is 12.9. The Morgan fingerprint density at radius 1 is 1.29 bits per heavy atom. The van der Waals surface area contributed by atoms with E-state index in [9.17, 15) is 9.18 Å². The Bertz CT molecular complexity index is 703. The highest BCUT2D eigenvalue weighted by Gasteiger charge is 2.27. The number of benzene rings is 2. The second kappa shape index (κ2) is 7.45. The maximum Gasteiger partial charge on any atom is 0.238 e. The quantitative estimate of drug-likeness (QED) is 0.912. The molecule has 1 atom stereocenters. The number of carbonyl (C=O) groups is 1. The summed E-state index contributed by atoms with van der Waals surface area (Å²) < 4.78 is 18.2. The van der Waals surface area contributed by atoms with Crippen LogP contribution in [-0.4, -0.2) is 31.0 Å². The van der Waals surface area contributed by atoms with Gasteiger partial charge in [0.05, 0.1) is 13.7 Å². The fourth-order valence-electron chi connectivity index (χ4n) is 3.16. The molecule has 4 nitrogen and oxygen atoms in total. The minimum absolute atomic E-state index is 0.0867. The Labute approximate surface area is 141 Å². The van der Waals surface area contributed by atoms with Gasteiger partial charge in [0.15, 0.2) is 0 Å². The maximum absolute atomic E-state index is 12.9. The predicted molar refractivity (Wildman–Crippen MR) is 91.6 cm³/mol. The fourth-order valence-corrected chi connectivity index (χ4v) is 3.16. The highest BCUT2D eigenvalue weighted by Crippen LogP contribution is 2.33. The van der Waals surface area contributed by atoms with Gasteiger partial charge in [-0.2, -0.15) is 0 Å². The SMILES string of the molecule is COc1cccc([C@@H]2CCCN2CC(=O)Nc2ccc(F)cc2)c1. The van der Waals surface area contributed by atoms with E-state index in [1.807, 2.05) is 18.2 Å². The van der Waals surface area contributed by atoms with Gasteiger partial charge in [-0.05, 0) is 61.3 Å². The Hall–Kier alpha value is -2.40. The van der Waals surface area contributed by atoms with E-state index in [0.717, 1.165) is 25.1 Å². The van der Waals surface area contributed by atoms with Gasteiger partial charge in [-0.1, -0.05) is 12.1 Å². The molecule has 3 rings (SSSR count). The first-order valence-corrected chi connectivity index (χ1v) is 8.09. The Balaban J connectivity index is 1.64. The molecule has 0 bridgehead atoms. The lowest BCUT2D eigenvalue weighted by Crippen LogP contribution is -2.32. The van der Waals surface area contributed by atoms with Crippen LogP contribution in [0.3, 0.4) is 0 Å². The van der Waals surface area contributed by atoms with Crippen molar-refractivity contribution in [3.05, 3.63) is 59.9 Å².